The Hall–Kier alpha value is -2.27. The number of nitrogens with one attached hydrogen (secondary N) is 2. The molecule has 2 rings (SSSR count). The Morgan fingerprint density at radius 1 is 1.03 bits per heavy atom. The Labute approximate surface area is 178 Å². The van der Waals surface area contributed by atoms with E-state index in [2.05, 4.69) is 17.6 Å². The van der Waals surface area contributed by atoms with Crippen LogP contribution in [0.15, 0.2) is 47.4 Å². The number of hydrogen-bond donors (Lipinski definition) is 2. The molecule has 0 spiro atoms. The van der Waals surface area contributed by atoms with Crippen LogP contribution in [0.5, 0.6) is 0 Å². The highest BCUT2D eigenvalue weighted by Gasteiger charge is 2.18. The van der Waals surface area contributed by atoms with Crippen molar-refractivity contribution in [2.45, 2.75) is 64.5 Å². The normalized spacial score (nSPS) is 12.3. The number of carbonyl (C=O) groups excluding carboxylic acids is 2. The van der Waals surface area contributed by atoms with Gasteiger partial charge in [-0.25, -0.2) is 0 Å². The fourth-order valence-electron chi connectivity index (χ4n) is 2.99. The molecule has 0 aliphatic rings. The second-order valence-corrected chi connectivity index (χ2v) is 9.94. The van der Waals surface area contributed by atoms with Gasteiger partial charge in [0.25, 0.3) is 0 Å². The Morgan fingerprint density at radius 2 is 1.69 bits per heavy atom. The van der Waals surface area contributed by atoms with Gasteiger partial charge in [0, 0.05) is 22.7 Å². The maximum atomic E-state index is 12.7. The monoisotopic (exact) mass is 412 g/mol. The van der Waals surface area contributed by atoms with Crippen LogP contribution in [0.1, 0.15) is 52.2 Å². The lowest BCUT2D eigenvalue weighted by Crippen LogP contribution is -2.23. The predicted octanol–water partition coefficient (Wildman–Crippen LogP) is 6.05. The van der Waals surface area contributed by atoms with Crippen LogP contribution in [0.4, 0.5) is 11.4 Å². The minimum absolute atomic E-state index is 0.00982. The lowest BCUT2D eigenvalue weighted by Gasteiger charge is -2.18. The van der Waals surface area contributed by atoms with Crippen molar-refractivity contribution in [3.05, 3.63) is 53.6 Å². The molecule has 156 valence electrons. The van der Waals surface area contributed by atoms with E-state index in [4.69, 9.17) is 0 Å². The van der Waals surface area contributed by atoms with E-state index in [0.717, 1.165) is 33.8 Å². The molecule has 2 N–H and O–H groups in total. The zero-order valence-electron chi connectivity index (χ0n) is 18.3. The number of hydrogen-bond acceptors (Lipinski definition) is 3. The lowest BCUT2D eigenvalue weighted by molar-refractivity contribution is -0.118. The van der Waals surface area contributed by atoms with Crippen molar-refractivity contribution in [2.24, 2.45) is 5.41 Å². The van der Waals surface area contributed by atoms with E-state index >= 15 is 0 Å². The summed E-state index contributed by atoms with van der Waals surface area (Å²) in [7, 11) is 0. The third kappa shape index (κ3) is 7.24. The summed E-state index contributed by atoms with van der Waals surface area (Å²) in [6.45, 7) is 12.1. The number of anilines is 2. The topological polar surface area (TPSA) is 58.2 Å². The molecule has 0 saturated heterocycles. The second kappa shape index (κ2) is 9.97. The van der Waals surface area contributed by atoms with Gasteiger partial charge in [0.15, 0.2) is 0 Å². The summed E-state index contributed by atoms with van der Waals surface area (Å²) in [5, 5.41) is 5.78. The van der Waals surface area contributed by atoms with Gasteiger partial charge >= 0.3 is 0 Å². The average molecular weight is 413 g/mol. The first-order chi connectivity index (χ1) is 13.6. The Bertz CT molecular complexity index is 854. The van der Waals surface area contributed by atoms with Gasteiger partial charge in [0.2, 0.25) is 11.8 Å². The van der Waals surface area contributed by atoms with Gasteiger partial charge < -0.3 is 10.6 Å². The van der Waals surface area contributed by atoms with Gasteiger partial charge in [-0.1, -0.05) is 45.9 Å². The van der Waals surface area contributed by atoms with Crippen molar-refractivity contribution in [3.8, 4) is 0 Å². The van der Waals surface area contributed by atoms with Gasteiger partial charge in [-0.05, 0) is 61.1 Å². The number of aryl methyl sites for hydroxylation is 2. The van der Waals surface area contributed by atoms with Crippen molar-refractivity contribution in [1.82, 2.24) is 0 Å². The summed E-state index contributed by atoms with van der Waals surface area (Å²) in [4.78, 5) is 25.7. The third-order valence-electron chi connectivity index (χ3n) is 4.50. The van der Waals surface area contributed by atoms with Crippen LogP contribution in [0.25, 0.3) is 0 Å². The molecule has 2 amide bonds. The van der Waals surface area contributed by atoms with E-state index in [1.165, 1.54) is 11.8 Å². The van der Waals surface area contributed by atoms with E-state index in [9.17, 15) is 9.59 Å². The molecule has 0 saturated carbocycles. The molecule has 1 unspecified atom stereocenters. The number of carbonyl (C=O) groups is 2. The van der Waals surface area contributed by atoms with E-state index in [1.807, 2.05) is 77.1 Å². The molecule has 1 atom stereocenters. The molecule has 0 aromatic heterocycles. The maximum Gasteiger partial charge on any atom is 0.237 e. The Kier molecular flexibility index (Phi) is 7.91. The van der Waals surface area contributed by atoms with Crippen LogP contribution in [-0.2, 0) is 16.0 Å². The molecule has 0 fully saturated rings. The second-order valence-electron chi connectivity index (χ2n) is 8.52. The first kappa shape index (κ1) is 23.0. The lowest BCUT2D eigenvalue weighted by atomic mass is 9.92. The molecule has 2 aromatic rings. The van der Waals surface area contributed by atoms with Gasteiger partial charge in [-0.15, -0.1) is 11.8 Å². The summed E-state index contributed by atoms with van der Waals surface area (Å²) >= 11 is 1.50. The molecule has 0 bridgehead atoms. The van der Waals surface area contributed by atoms with E-state index < -0.39 is 0 Å². The Balaban J connectivity index is 1.96. The number of amides is 2. The van der Waals surface area contributed by atoms with Crippen molar-refractivity contribution in [3.63, 3.8) is 0 Å². The summed E-state index contributed by atoms with van der Waals surface area (Å²) < 4.78 is 0. The highest BCUT2D eigenvalue weighted by molar-refractivity contribution is 8.00. The molecule has 29 heavy (non-hydrogen) atoms. The fourth-order valence-corrected chi connectivity index (χ4v) is 3.86. The van der Waals surface area contributed by atoms with Crippen LogP contribution >= 0.6 is 11.8 Å². The first-order valence-corrected chi connectivity index (χ1v) is 10.9. The zero-order chi connectivity index (χ0) is 21.6. The number of benzene rings is 2. The minimum atomic E-state index is -0.236. The molecular weight excluding hydrogens is 380 g/mol. The first-order valence-electron chi connectivity index (χ1n) is 10.0. The van der Waals surface area contributed by atoms with Crippen LogP contribution in [0.3, 0.4) is 0 Å². The average Bonchev–Trinajstić information content (AvgIpc) is 2.63. The zero-order valence-corrected chi connectivity index (χ0v) is 19.1. The third-order valence-corrected chi connectivity index (χ3v) is 5.61. The largest absolute Gasteiger partial charge is 0.326 e. The minimum Gasteiger partial charge on any atom is -0.326 e. The molecule has 2 aromatic carbocycles. The maximum absolute atomic E-state index is 12.7. The highest BCUT2D eigenvalue weighted by atomic mass is 32.2. The van der Waals surface area contributed by atoms with Gasteiger partial charge in [0.1, 0.15) is 0 Å². The molecule has 0 aliphatic heterocycles. The predicted molar refractivity (Wildman–Crippen MR) is 124 cm³/mol. The van der Waals surface area contributed by atoms with Gasteiger partial charge in [-0.2, -0.15) is 0 Å². The number of rotatable bonds is 7. The summed E-state index contributed by atoms with van der Waals surface area (Å²) in [5.74, 6) is -0.00263. The highest BCUT2D eigenvalue weighted by Crippen LogP contribution is 2.28. The molecule has 5 heteroatoms. The van der Waals surface area contributed by atoms with Gasteiger partial charge in [0.05, 0.1) is 5.25 Å². The molecule has 0 heterocycles. The summed E-state index contributed by atoms with van der Waals surface area (Å²) in [6, 6.07) is 13.7. The molecule has 0 radical (unpaired) electrons. The quantitative estimate of drug-likeness (QED) is 0.544. The van der Waals surface area contributed by atoms with Crippen molar-refractivity contribution in [2.75, 3.05) is 10.6 Å². The van der Waals surface area contributed by atoms with E-state index in [-0.39, 0.29) is 22.5 Å². The fraction of sp³-hybridized carbons (Fsp3) is 0.417. The SMILES string of the molecule is CCc1cccc(C)c1NC(=O)C(C)Sc1ccc(NC(=O)CC(C)(C)C)cc1. The van der Waals surface area contributed by atoms with Crippen LogP contribution in [0.2, 0.25) is 0 Å². The van der Waals surface area contributed by atoms with E-state index in [0.29, 0.717) is 6.42 Å². The van der Waals surface area contributed by atoms with Crippen LogP contribution < -0.4 is 10.6 Å². The number of thioether (sulfide) groups is 1. The molecule has 4 nitrogen and oxygen atoms in total. The van der Waals surface area contributed by atoms with Crippen molar-refractivity contribution < 1.29 is 9.59 Å². The summed E-state index contributed by atoms with van der Waals surface area (Å²) in [5.41, 5.74) is 3.87. The molecule has 0 aliphatic carbocycles. The van der Waals surface area contributed by atoms with Crippen LogP contribution in [0, 0.1) is 12.3 Å². The standard InChI is InChI=1S/C24H32N2O2S/c1-7-18-10-8-9-16(2)22(18)26-23(28)17(3)29-20-13-11-19(12-14-20)25-21(27)15-24(4,5)6/h8-14,17H,7,15H2,1-6H3,(H,25,27)(H,26,28). The van der Waals surface area contributed by atoms with Crippen LogP contribution in [-0.4, -0.2) is 17.1 Å². The van der Waals surface area contributed by atoms with E-state index in [1.54, 1.807) is 0 Å². The van der Waals surface area contributed by atoms with Gasteiger partial charge in [-0.3, -0.25) is 9.59 Å². The number of para-hydroxylation sites is 1. The Morgan fingerprint density at radius 3 is 2.28 bits per heavy atom. The van der Waals surface area contributed by atoms with Crippen molar-refractivity contribution >= 4 is 35.0 Å². The van der Waals surface area contributed by atoms with Crippen molar-refractivity contribution in [1.29, 1.82) is 0 Å². The smallest absolute Gasteiger partial charge is 0.237 e. The molecular formula is C24H32N2O2S. The summed E-state index contributed by atoms with van der Waals surface area (Å²) in [6.07, 6.45) is 1.35.